The van der Waals surface area contributed by atoms with Crippen LogP contribution >= 0.6 is 0 Å². The lowest BCUT2D eigenvalue weighted by Gasteiger charge is -2.31. The predicted octanol–water partition coefficient (Wildman–Crippen LogP) is 2.36. The van der Waals surface area contributed by atoms with Gasteiger partial charge in [0, 0.05) is 52.0 Å². The quantitative estimate of drug-likeness (QED) is 0.568. The number of hydrogen-bond acceptors (Lipinski definition) is 6. The second kappa shape index (κ2) is 11.6. The number of carbonyl (C=O) groups excluding carboxylic acids is 1. The average Bonchev–Trinajstić information content (AvgIpc) is 2.83. The zero-order valence-corrected chi connectivity index (χ0v) is 20.3. The van der Waals surface area contributed by atoms with E-state index in [-0.39, 0.29) is 10.8 Å². The highest BCUT2D eigenvalue weighted by atomic mass is 32.2. The summed E-state index contributed by atoms with van der Waals surface area (Å²) in [6, 6.07) is 14.1. The second-order valence-electron chi connectivity index (χ2n) is 8.31. The van der Waals surface area contributed by atoms with E-state index in [1.165, 1.54) is 38.4 Å². The first-order chi connectivity index (χ1) is 15.8. The van der Waals surface area contributed by atoms with Crippen molar-refractivity contribution in [3.05, 3.63) is 59.7 Å². The molecule has 180 valence electrons. The molecule has 2 aromatic rings. The van der Waals surface area contributed by atoms with Crippen molar-refractivity contribution in [1.29, 1.82) is 0 Å². The Labute approximate surface area is 196 Å². The van der Waals surface area contributed by atoms with Gasteiger partial charge in [0.05, 0.1) is 4.90 Å². The highest BCUT2D eigenvalue weighted by molar-refractivity contribution is 7.89. The van der Waals surface area contributed by atoms with E-state index < -0.39 is 10.0 Å². The Morgan fingerprint density at radius 1 is 1.09 bits per heavy atom. The number of sulfonamides is 1. The molecule has 1 saturated heterocycles. The van der Waals surface area contributed by atoms with Crippen molar-refractivity contribution in [1.82, 2.24) is 14.5 Å². The fraction of sp³-hybridized carbons (Fsp3) is 0.458. The van der Waals surface area contributed by atoms with Crippen molar-refractivity contribution in [3.8, 4) is 5.75 Å². The van der Waals surface area contributed by atoms with Gasteiger partial charge in [-0.3, -0.25) is 9.69 Å². The highest BCUT2D eigenvalue weighted by Crippen LogP contribution is 2.16. The summed E-state index contributed by atoms with van der Waals surface area (Å²) < 4.78 is 36.8. The molecule has 0 spiro atoms. The van der Waals surface area contributed by atoms with Crippen molar-refractivity contribution in [2.45, 2.75) is 30.3 Å². The molecule has 1 aliphatic rings. The van der Waals surface area contributed by atoms with E-state index in [1.54, 1.807) is 0 Å². The summed E-state index contributed by atoms with van der Waals surface area (Å²) in [7, 11) is 1.54. The molecule has 1 N–H and O–H groups in total. The smallest absolute Gasteiger partial charge is 0.251 e. The fourth-order valence-electron chi connectivity index (χ4n) is 3.63. The summed E-state index contributed by atoms with van der Waals surface area (Å²) in [6.07, 6.45) is 2.11. The minimum Gasteiger partial charge on any atom is -0.492 e. The van der Waals surface area contributed by atoms with Crippen molar-refractivity contribution in [2.75, 3.05) is 47.5 Å². The Kier molecular flexibility index (Phi) is 8.85. The fourth-order valence-corrected chi connectivity index (χ4v) is 4.54. The first kappa shape index (κ1) is 25.2. The normalized spacial score (nSPS) is 15.1. The number of hydrogen-bond donors (Lipinski definition) is 1. The molecule has 0 aliphatic carbocycles. The molecule has 0 saturated carbocycles. The van der Waals surface area contributed by atoms with Crippen LogP contribution in [0.15, 0.2) is 53.4 Å². The minimum atomic E-state index is -3.52. The number of nitrogens with one attached hydrogen (secondary N) is 1. The zero-order valence-electron chi connectivity index (χ0n) is 19.5. The number of likely N-dealkylation sites (N-methyl/N-ethyl adjacent to an activating group) is 1. The summed E-state index contributed by atoms with van der Waals surface area (Å²) in [5.41, 5.74) is 1.32. The van der Waals surface area contributed by atoms with Gasteiger partial charge in [0.1, 0.15) is 12.4 Å². The maximum Gasteiger partial charge on any atom is 0.251 e. The van der Waals surface area contributed by atoms with Crippen molar-refractivity contribution in [3.63, 3.8) is 0 Å². The molecule has 33 heavy (non-hydrogen) atoms. The van der Waals surface area contributed by atoms with Gasteiger partial charge in [-0.05, 0) is 61.9 Å². The van der Waals surface area contributed by atoms with E-state index in [2.05, 4.69) is 17.3 Å². The molecule has 1 heterocycles. The van der Waals surface area contributed by atoms with E-state index in [9.17, 15) is 13.2 Å². The molecule has 1 fully saturated rings. The van der Waals surface area contributed by atoms with Gasteiger partial charge in [0.2, 0.25) is 10.0 Å². The Morgan fingerprint density at radius 3 is 2.45 bits per heavy atom. The second-order valence-corrected chi connectivity index (χ2v) is 10.5. The van der Waals surface area contributed by atoms with Gasteiger partial charge in [-0.2, -0.15) is 0 Å². The van der Waals surface area contributed by atoms with Crippen LogP contribution < -0.4 is 10.1 Å². The first-order valence-electron chi connectivity index (χ1n) is 11.1. The predicted molar refractivity (Wildman–Crippen MR) is 127 cm³/mol. The van der Waals surface area contributed by atoms with Crippen LogP contribution in [-0.4, -0.2) is 77.1 Å². The summed E-state index contributed by atoms with van der Waals surface area (Å²) in [4.78, 5) is 14.9. The topological polar surface area (TPSA) is 88.2 Å². The summed E-state index contributed by atoms with van der Waals surface area (Å²) >= 11 is 0. The Morgan fingerprint density at radius 2 is 1.79 bits per heavy atom. The van der Waals surface area contributed by atoms with Gasteiger partial charge in [0.25, 0.3) is 5.91 Å². The zero-order chi connectivity index (χ0) is 23.8. The van der Waals surface area contributed by atoms with E-state index >= 15 is 0 Å². The van der Waals surface area contributed by atoms with Crippen molar-refractivity contribution < 1.29 is 22.7 Å². The standard InChI is InChI=1S/C24H33N3O5S/c1-26(2)33(29,30)23-9-7-20(8-10-23)24(28)25-18-19-5-4-6-22(17-19)32-16-13-27(3)21-11-14-31-15-12-21/h4-10,17,21H,11-16,18H2,1-3H3,(H,25,28). The Hall–Kier alpha value is -2.46. The number of nitrogens with zero attached hydrogens (tertiary/aromatic N) is 2. The molecule has 1 amide bonds. The van der Waals surface area contributed by atoms with E-state index in [0.717, 1.165) is 48.2 Å². The van der Waals surface area contributed by atoms with Gasteiger partial charge in [-0.1, -0.05) is 12.1 Å². The van der Waals surface area contributed by atoms with Crippen LogP contribution in [0.5, 0.6) is 5.75 Å². The third-order valence-corrected chi connectivity index (χ3v) is 7.60. The van der Waals surface area contributed by atoms with Crippen LogP contribution in [0.1, 0.15) is 28.8 Å². The third kappa shape index (κ3) is 7.01. The third-order valence-electron chi connectivity index (χ3n) is 5.77. The molecule has 0 aromatic heterocycles. The van der Waals surface area contributed by atoms with Crippen LogP contribution in [0, 0.1) is 0 Å². The van der Waals surface area contributed by atoms with Gasteiger partial charge in [0.15, 0.2) is 0 Å². The molecule has 0 unspecified atom stereocenters. The van der Waals surface area contributed by atoms with Crippen molar-refractivity contribution >= 4 is 15.9 Å². The monoisotopic (exact) mass is 475 g/mol. The Bertz CT molecular complexity index is 1020. The van der Waals surface area contributed by atoms with Crippen LogP contribution in [0.2, 0.25) is 0 Å². The lowest BCUT2D eigenvalue weighted by molar-refractivity contribution is 0.0392. The lowest BCUT2D eigenvalue weighted by Crippen LogP contribution is -2.38. The highest BCUT2D eigenvalue weighted by Gasteiger charge is 2.19. The molecule has 9 heteroatoms. The van der Waals surface area contributed by atoms with Gasteiger partial charge < -0.3 is 14.8 Å². The molecule has 1 aliphatic heterocycles. The summed E-state index contributed by atoms with van der Waals surface area (Å²) in [5.74, 6) is 0.494. The summed E-state index contributed by atoms with van der Waals surface area (Å²) in [5, 5.41) is 2.87. The average molecular weight is 476 g/mol. The van der Waals surface area contributed by atoms with Gasteiger partial charge >= 0.3 is 0 Å². The summed E-state index contributed by atoms with van der Waals surface area (Å²) in [6.45, 7) is 3.42. The maximum atomic E-state index is 12.5. The minimum absolute atomic E-state index is 0.149. The molecule has 0 bridgehead atoms. The molecule has 2 aromatic carbocycles. The van der Waals surface area contributed by atoms with Crippen LogP contribution in [0.3, 0.4) is 0 Å². The largest absolute Gasteiger partial charge is 0.492 e. The molecule has 0 atom stereocenters. The van der Waals surface area contributed by atoms with Crippen LogP contribution in [0.25, 0.3) is 0 Å². The lowest BCUT2D eigenvalue weighted by atomic mass is 10.1. The number of carbonyl (C=O) groups is 1. The maximum absolute atomic E-state index is 12.5. The number of benzene rings is 2. The molecule has 8 nitrogen and oxygen atoms in total. The van der Waals surface area contributed by atoms with E-state index in [4.69, 9.17) is 9.47 Å². The molecular formula is C24H33N3O5S. The number of ether oxygens (including phenoxy) is 2. The molecular weight excluding hydrogens is 442 g/mol. The van der Waals surface area contributed by atoms with E-state index in [0.29, 0.717) is 24.8 Å². The van der Waals surface area contributed by atoms with Crippen LogP contribution in [0.4, 0.5) is 0 Å². The SMILES string of the molecule is CN(CCOc1cccc(CNC(=O)c2ccc(S(=O)(=O)N(C)C)cc2)c1)C1CCOCC1. The van der Waals surface area contributed by atoms with Gasteiger partial charge in [-0.15, -0.1) is 0 Å². The van der Waals surface area contributed by atoms with E-state index in [1.807, 2.05) is 24.3 Å². The Balaban J connectivity index is 1.48. The first-order valence-corrected chi connectivity index (χ1v) is 12.5. The number of amides is 1. The van der Waals surface area contributed by atoms with Crippen molar-refractivity contribution in [2.24, 2.45) is 0 Å². The molecule has 3 rings (SSSR count). The van der Waals surface area contributed by atoms with Gasteiger partial charge in [-0.25, -0.2) is 12.7 Å². The van der Waals surface area contributed by atoms with Crippen LogP contribution in [-0.2, 0) is 21.3 Å². The molecule has 0 radical (unpaired) electrons. The number of rotatable bonds is 10.